The largest absolute Gasteiger partial charge is 0.481 e. The van der Waals surface area contributed by atoms with E-state index in [-0.39, 0.29) is 23.9 Å². The van der Waals surface area contributed by atoms with Gasteiger partial charge < -0.3 is 15.1 Å². The van der Waals surface area contributed by atoms with Crippen molar-refractivity contribution in [1.82, 2.24) is 4.90 Å². The van der Waals surface area contributed by atoms with Crippen LogP contribution in [0.5, 0.6) is 0 Å². The highest BCUT2D eigenvalue weighted by atomic mass is 19.3. The molecule has 2 rings (SSSR count). The number of likely N-dealkylation sites (tertiary alicyclic amines) is 1. The number of amides is 1. The Morgan fingerprint density at radius 2 is 1.87 bits per heavy atom. The van der Waals surface area contributed by atoms with E-state index in [0.717, 1.165) is 32.3 Å². The summed E-state index contributed by atoms with van der Waals surface area (Å²) in [5.41, 5.74) is -2.66. The summed E-state index contributed by atoms with van der Waals surface area (Å²) in [7, 11) is 0. The van der Waals surface area contributed by atoms with Gasteiger partial charge in [-0.2, -0.15) is 8.78 Å². The van der Waals surface area contributed by atoms with E-state index in [4.69, 9.17) is 5.11 Å². The molecule has 0 bridgehead atoms. The van der Waals surface area contributed by atoms with Crippen molar-refractivity contribution >= 4 is 11.9 Å². The van der Waals surface area contributed by atoms with Crippen molar-refractivity contribution < 1.29 is 28.6 Å². The van der Waals surface area contributed by atoms with Crippen LogP contribution in [0.1, 0.15) is 63.9 Å². The molecular formula is C23H31F2NO4. The number of nitrogens with zero attached hydrogens (tertiary/aromatic N) is 1. The molecule has 0 spiro atoms. The maximum Gasteiger partial charge on any atom is 0.304 e. The molecule has 0 radical (unpaired) electrons. The van der Waals surface area contributed by atoms with Crippen LogP contribution in [0, 0.1) is 0 Å². The van der Waals surface area contributed by atoms with Gasteiger partial charge in [0.15, 0.2) is 0 Å². The topological polar surface area (TPSA) is 77.8 Å². The summed E-state index contributed by atoms with van der Waals surface area (Å²) in [6, 6.07) is 6.87. The maximum atomic E-state index is 14.8. The van der Waals surface area contributed by atoms with Crippen molar-refractivity contribution in [2.45, 2.75) is 75.9 Å². The minimum Gasteiger partial charge on any atom is -0.481 e. The molecule has 1 heterocycles. The molecule has 1 aromatic rings. The zero-order valence-electron chi connectivity index (χ0n) is 17.4. The van der Waals surface area contributed by atoms with Crippen LogP contribution in [0.4, 0.5) is 8.78 Å². The smallest absolute Gasteiger partial charge is 0.304 e. The van der Waals surface area contributed by atoms with Crippen LogP contribution in [-0.2, 0) is 15.5 Å². The predicted molar refractivity (Wildman–Crippen MR) is 110 cm³/mol. The summed E-state index contributed by atoms with van der Waals surface area (Å²) in [5.74, 6) is -4.31. The minimum atomic E-state index is -3.47. The van der Waals surface area contributed by atoms with Crippen LogP contribution in [0.15, 0.2) is 42.5 Å². The van der Waals surface area contributed by atoms with Crippen molar-refractivity contribution in [3.8, 4) is 0 Å². The van der Waals surface area contributed by atoms with E-state index in [1.54, 1.807) is 11.0 Å². The number of hydrogen-bond donors (Lipinski definition) is 2. The number of carbonyl (C=O) groups is 2. The van der Waals surface area contributed by atoms with Crippen molar-refractivity contribution in [1.29, 1.82) is 0 Å². The molecule has 2 N–H and O–H groups in total. The molecule has 1 aromatic carbocycles. The summed E-state index contributed by atoms with van der Waals surface area (Å²) < 4.78 is 29.6. The number of carbonyl (C=O) groups excluding carboxylic acids is 1. The average Bonchev–Trinajstić information content (AvgIpc) is 2.70. The number of benzene rings is 1. The van der Waals surface area contributed by atoms with Gasteiger partial charge >= 0.3 is 11.9 Å². The fourth-order valence-electron chi connectivity index (χ4n) is 3.69. The molecule has 166 valence electrons. The number of carboxylic acid groups (broad SMARTS) is 1. The van der Waals surface area contributed by atoms with Gasteiger partial charge in [-0.25, -0.2) is 0 Å². The zero-order chi connectivity index (χ0) is 22.2. The molecule has 0 aliphatic carbocycles. The number of hydrogen-bond acceptors (Lipinski definition) is 3. The van der Waals surface area contributed by atoms with Crippen LogP contribution in [0.25, 0.3) is 0 Å². The lowest BCUT2D eigenvalue weighted by Gasteiger charge is -2.35. The molecule has 5 nitrogen and oxygen atoms in total. The first-order valence-corrected chi connectivity index (χ1v) is 10.5. The third-order valence-corrected chi connectivity index (χ3v) is 5.57. The van der Waals surface area contributed by atoms with Crippen LogP contribution in [-0.4, -0.2) is 45.2 Å². The summed E-state index contributed by atoms with van der Waals surface area (Å²) in [5, 5.41) is 19.2. The first-order valence-electron chi connectivity index (χ1n) is 10.5. The monoisotopic (exact) mass is 423 g/mol. The van der Waals surface area contributed by atoms with Gasteiger partial charge in [0.05, 0.1) is 6.04 Å². The van der Waals surface area contributed by atoms with Crippen LogP contribution in [0.2, 0.25) is 0 Å². The molecule has 0 unspecified atom stereocenters. The van der Waals surface area contributed by atoms with E-state index in [1.807, 2.05) is 0 Å². The molecule has 1 fully saturated rings. The molecule has 0 saturated carbocycles. The molecule has 30 heavy (non-hydrogen) atoms. The Hall–Kier alpha value is -2.28. The minimum absolute atomic E-state index is 0.0177. The Balaban J connectivity index is 1.99. The van der Waals surface area contributed by atoms with Crippen LogP contribution >= 0.6 is 0 Å². The first kappa shape index (κ1) is 24.0. The van der Waals surface area contributed by atoms with Gasteiger partial charge in [0, 0.05) is 24.9 Å². The maximum absolute atomic E-state index is 14.8. The quantitative estimate of drug-likeness (QED) is 0.406. The van der Waals surface area contributed by atoms with E-state index in [2.05, 4.69) is 0 Å². The molecular weight excluding hydrogens is 392 g/mol. The lowest BCUT2D eigenvalue weighted by atomic mass is 9.89. The van der Waals surface area contributed by atoms with Crippen molar-refractivity contribution in [3.63, 3.8) is 0 Å². The number of unbranched alkanes of at least 4 members (excludes halogenated alkanes) is 3. The number of aliphatic hydroxyl groups is 1. The molecule has 1 aliphatic rings. The van der Waals surface area contributed by atoms with Gasteiger partial charge in [0.2, 0.25) is 5.91 Å². The molecule has 7 heteroatoms. The van der Waals surface area contributed by atoms with Gasteiger partial charge in [-0.15, -0.1) is 0 Å². The Bertz CT molecular complexity index is 734. The normalized spacial score (nSPS) is 19.8. The van der Waals surface area contributed by atoms with Gasteiger partial charge in [0.25, 0.3) is 0 Å². The van der Waals surface area contributed by atoms with Crippen LogP contribution < -0.4 is 0 Å². The lowest BCUT2D eigenvalue weighted by molar-refractivity contribution is -0.152. The van der Waals surface area contributed by atoms with Gasteiger partial charge in [-0.05, 0) is 38.7 Å². The van der Waals surface area contributed by atoms with E-state index < -0.39 is 17.5 Å². The fourth-order valence-corrected chi connectivity index (χ4v) is 3.69. The second-order valence-electron chi connectivity index (χ2n) is 8.05. The number of piperidine rings is 1. The Morgan fingerprint density at radius 1 is 1.20 bits per heavy atom. The molecule has 2 atom stereocenters. The van der Waals surface area contributed by atoms with Crippen molar-refractivity contribution in [2.24, 2.45) is 0 Å². The molecule has 1 amide bonds. The number of halogens is 2. The van der Waals surface area contributed by atoms with Crippen LogP contribution in [0.3, 0.4) is 0 Å². The third kappa shape index (κ3) is 6.36. The van der Waals surface area contributed by atoms with Gasteiger partial charge in [-0.1, -0.05) is 49.2 Å². The molecule has 0 aromatic heterocycles. The highest BCUT2D eigenvalue weighted by Crippen LogP contribution is 2.40. The summed E-state index contributed by atoms with van der Waals surface area (Å²) >= 11 is 0. The Kier molecular flexibility index (Phi) is 8.53. The van der Waals surface area contributed by atoms with E-state index >= 15 is 0 Å². The Labute approximate surface area is 176 Å². The predicted octanol–water partition coefficient (Wildman–Crippen LogP) is 4.50. The summed E-state index contributed by atoms with van der Waals surface area (Å²) in [4.78, 5) is 24.6. The number of rotatable bonds is 11. The second kappa shape index (κ2) is 10.7. The third-order valence-electron chi connectivity index (χ3n) is 5.57. The summed E-state index contributed by atoms with van der Waals surface area (Å²) in [6.45, 7) is 1.58. The zero-order valence-corrected chi connectivity index (χ0v) is 17.4. The lowest BCUT2D eigenvalue weighted by Crippen LogP contribution is -2.45. The number of alkyl halides is 2. The number of aliphatic carboxylic acids is 1. The van der Waals surface area contributed by atoms with Crippen molar-refractivity contribution in [3.05, 3.63) is 48.0 Å². The van der Waals surface area contributed by atoms with E-state index in [1.165, 1.54) is 30.3 Å². The van der Waals surface area contributed by atoms with Gasteiger partial charge in [-0.3, -0.25) is 9.59 Å². The highest BCUT2D eigenvalue weighted by Gasteiger charge is 2.48. The van der Waals surface area contributed by atoms with E-state index in [9.17, 15) is 23.5 Å². The summed E-state index contributed by atoms with van der Waals surface area (Å²) in [6.07, 6.45) is 7.45. The fraction of sp³-hybridized carbons (Fsp3) is 0.565. The first-order chi connectivity index (χ1) is 14.1. The Morgan fingerprint density at radius 3 is 2.53 bits per heavy atom. The highest BCUT2D eigenvalue weighted by molar-refractivity contribution is 5.77. The van der Waals surface area contributed by atoms with E-state index in [0.29, 0.717) is 32.2 Å². The second-order valence-corrected chi connectivity index (χ2v) is 8.05. The average molecular weight is 424 g/mol. The standard InChI is InChI=1S/C23H31F2NO4/c1-22(30,23(24,25)18-10-5-4-6-11-18)16-15-19-12-9-13-20(27)26(19)17-8-3-2-7-14-21(28)29/h4-6,10-11,15-16,19,30H,2-3,7-9,12-14,17H2,1H3,(H,28,29)/t19-,22+/m1/s1. The van der Waals surface area contributed by atoms with Crippen molar-refractivity contribution in [2.75, 3.05) is 6.54 Å². The SMILES string of the molecule is C[C@](O)(C=C[C@H]1CCCC(=O)N1CCCCCCC(=O)O)C(F)(F)c1ccccc1. The molecule has 1 saturated heterocycles. The van der Waals surface area contributed by atoms with Gasteiger partial charge in [0.1, 0.15) is 5.60 Å². The molecule has 1 aliphatic heterocycles. The number of carboxylic acids is 1.